The van der Waals surface area contributed by atoms with E-state index in [9.17, 15) is 4.79 Å². The van der Waals surface area contributed by atoms with Crippen molar-refractivity contribution in [1.29, 1.82) is 5.26 Å². The molecule has 0 aliphatic rings. The first kappa shape index (κ1) is 17.7. The van der Waals surface area contributed by atoms with Crippen molar-refractivity contribution in [3.05, 3.63) is 76.2 Å². The Bertz CT molecular complexity index is 1240. The summed E-state index contributed by atoms with van der Waals surface area (Å²) < 4.78 is 7.07. The van der Waals surface area contributed by atoms with Gasteiger partial charge in [0.15, 0.2) is 0 Å². The molecule has 8 heteroatoms. The average molecular weight is 389 g/mol. The van der Waals surface area contributed by atoms with E-state index < -0.39 is 0 Å². The number of aromatic nitrogens is 3. The highest BCUT2D eigenvalue weighted by molar-refractivity contribution is 7.20. The van der Waals surface area contributed by atoms with E-state index >= 15 is 0 Å². The predicted molar refractivity (Wildman–Crippen MR) is 107 cm³/mol. The lowest BCUT2D eigenvalue weighted by molar-refractivity contribution is 0.482. The van der Waals surface area contributed by atoms with Crippen molar-refractivity contribution in [2.24, 2.45) is 0 Å². The fourth-order valence-electron chi connectivity index (χ4n) is 2.58. The first-order valence-corrected chi connectivity index (χ1v) is 9.41. The highest BCUT2D eigenvalue weighted by Gasteiger charge is 2.09. The van der Waals surface area contributed by atoms with Crippen LogP contribution in [-0.4, -0.2) is 14.6 Å². The normalized spacial score (nSPS) is 10.6. The fraction of sp³-hybridized carbons (Fsp3) is 0.100. The van der Waals surface area contributed by atoms with Crippen molar-refractivity contribution in [2.45, 2.75) is 13.3 Å². The van der Waals surface area contributed by atoms with Gasteiger partial charge in [-0.05, 0) is 48.9 Å². The number of ether oxygens (including phenoxy) is 1. The summed E-state index contributed by atoms with van der Waals surface area (Å²) in [6.45, 7) is 1.96. The van der Waals surface area contributed by atoms with E-state index in [2.05, 4.69) is 21.5 Å². The third-order valence-corrected chi connectivity index (χ3v) is 4.79. The van der Waals surface area contributed by atoms with E-state index in [-0.39, 0.29) is 5.56 Å². The number of anilines is 2. The third kappa shape index (κ3) is 3.70. The molecule has 2 heterocycles. The molecule has 0 unspecified atom stereocenters. The maximum absolute atomic E-state index is 12.1. The van der Waals surface area contributed by atoms with Gasteiger partial charge >= 0.3 is 0 Å². The van der Waals surface area contributed by atoms with Crippen LogP contribution in [0, 0.1) is 11.3 Å². The monoisotopic (exact) mass is 389 g/mol. The van der Waals surface area contributed by atoms with Gasteiger partial charge in [-0.25, -0.2) is 4.98 Å². The SMILES string of the molecule is CCc1cc(=O)n2nc(Nc3ccc(Oc4cccc(C#N)c4)cc3)sc2n1. The summed E-state index contributed by atoms with van der Waals surface area (Å²) >= 11 is 1.31. The molecule has 0 bridgehead atoms. The summed E-state index contributed by atoms with van der Waals surface area (Å²) in [7, 11) is 0. The van der Waals surface area contributed by atoms with Crippen molar-refractivity contribution < 1.29 is 4.74 Å². The molecule has 2 aromatic carbocycles. The zero-order valence-corrected chi connectivity index (χ0v) is 15.7. The molecule has 28 heavy (non-hydrogen) atoms. The van der Waals surface area contributed by atoms with Crippen LogP contribution in [0.5, 0.6) is 11.5 Å². The predicted octanol–water partition coefficient (Wildman–Crippen LogP) is 4.12. The highest BCUT2D eigenvalue weighted by Crippen LogP contribution is 2.26. The zero-order valence-electron chi connectivity index (χ0n) is 14.9. The van der Waals surface area contributed by atoms with Crippen LogP contribution < -0.4 is 15.6 Å². The molecule has 1 N–H and O–H groups in total. The lowest BCUT2D eigenvalue weighted by Gasteiger charge is -2.07. The summed E-state index contributed by atoms with van der Waals surface area (Å²) in [6.07, 6.45) is 0.700. The second-order valence-corrected chi connectivity index (χ2v) is 6.89. The Balaban J connectivity index is 1.51. The Hall–Kier alpha value is -3.70. The Morgan fingerprint density at radius 1 is 1.18 bits per heavy atom. The molecule has 2 aromatic heterocycles. The molecule has 0 aliphatic carbocycles. The minimum Gasteiger partial charge on any atom is -0.457 e. The lowest BCUT2D eigenvalue weighted by Crippen LogP contribution is -2.15. The van der Waals surface area contributed by atoms with Crippen LogP contribution in [0.15, 0.2) is 59.4 Å². The Morgan fingerprint density at radius 3 is 2.75 bits per heavy atom. The van der Waals surface area contributed by atoms with Gasteiger partial charge in [0.2, 0.25) is 10.1 Å². The maximum atomic E-state index is 12.1. The Morgan fingerprint density at radius 2 is 2.00 bits per heavy atom. The van der Waals surface area contributed by atoms with Gasteiger partial charge < -0.3 is 10.1 Å². The Kier molecular flexibility index (Phi) is 4.74. The molecule has 0 saturated carbocycles. The zero-order chi connectivity index (χ0) is 19.5. The molecule has 7 nitrogen and oxygen atoms in total. The number of nitriles is 1. The lowest BCUT2D eigenvalue weighted by atomic mass is 10.2. The highest BCUT2D eigenvalue weighted by atomic mass is 32.1. The van der Waals surface area contributed by atoms with E-state index in [1.807, 2.05) is 31.2 Å². The maximum Gasteiger partial charge on any atom is 0.275 e. The largest absolute Gasteiger partial charge is 0.457 e. The number of rotatable bonds is 5. The van der Waals surface area contributed by atoms with Crippen molar-refractivity contribution in [3.8, 4) is 17.6 Å². The van der Waals surface area contributed by atoms with E-state index in [1.54, 1.807) is 24.3 Å². The van der Waals surface area contributed by atoms with Gasteiger partial charge in [-0.15, -0.1) is 5.10 Å². The third-order valence-electron chi connectivity index (χ3n) is 3.96. The minimum absolute atomic E-state index is 0.186. The summed E-state index contributed by atoms with van der Waals surface area (Å²) in [5, 5.41) is 17.0. The van der Waals surface area contributed by atoms with Crippen LogP contribution in [0.3, 0.4) is 0 Å². The molecule has 0 spiro atoms. The van der Waals surface area contributed by atoms with Gasteiger partial charge in [0.25, 0.3) is 5.56 Å². The number of hydrogen-bond donors (Lipinski definition) is 1. The van der Waals surface area contributed by atoms with Gasteiger partial charge in [-0.1, -0.05) is 24.3 Å². The molecular formula is C20H15N5O2S. The van der Waals surface area contributed by atoms with Crippen LogP contribution in [0.2, 0.25) is 0 Å². The molecule has 0 amide bonds. The van der Waals surface area contributed by atoms with E-state index in [1.165, 1.54) is 21.9 Å². The molecule has 0 aliphatic heterocycles. The number of nitrogens with one attached hydrogen (secondary N) is 1. The standard InChI is InChI=1S/C20H15N5O2S/c1-2-14-11-18(26)25-20(23-14)28-19(24-25)22-15-6-8-16(9-7-15)27-17-5-3-4-13(10-17)12-21/h3-11H,2H2,1H3,(H,22,24). The van der Waals surface area contributed by atoms with Crippen LogP contribution in [0.4, 0.5) is 10.8 Å². The first-order valence-electron chi connectivity index (χ1n) is 8.59. The van der Waals surface area contributed by atoms with Crippen LogP contribution in [0.25, 0.3) is 4.96 Å². The second-order valence-electron chi connectivity index (χ2n) is 5.93. The number of aryl methyl sites for hydroxylation is 1. The van der Waals surface area contributed by atoms with Crippen molar-refractivity contribution in [3.63, 3.8) is 0 Å². The average Bonchev–Trinajstić information content (AvgIpc) is 3.12. The number of fused-ring (bicyclic) bond motifs is 1. The summed E-state index contributed by atoms with van der Waals surface area (Å²) in [4.78, 5) is 17.1. The molecular weight excluding hydrogens is 374 g/mol. The number of hydrogen-bond acceptors (Lipinski definition) is 7. The fourth-order valence-corrected chi connectivity index (χ4v) is 3.43. The quantitative estimate of drug-likeness (QED) is 0.552. The number of nitrogens with zero attached hydrogens (tertiary/aromatic N) is 4. The molecule has 0 atom stereocenters. The Labute approximate surface area is 164 Å². The van der Waals surface area contributed by atoms with Gasteiger partial charge in [-0.3, -0.25) is 4.79 Å². The summed E-state index contributed by atoms with van der Waals surface area (Å²) in [5.41, 5.74) is 1.92. The molecule has 4 aromatic rings. The van der Waals surface area contributed by atoms with Gasteiger partial charge in [0, 0.05) is 17.4 Å². The van der Waals surface area contributed by atoms with E-state index in [0.717, 1.165) is 11.4 Å². The molecule has 138 valence electrons. The smallest absolute Gasteiger partial charge is 0.275 e. The van der Waals surface area contributed by atoms with Gasteiger partial charge in [0.05, 0.1) is 11.6 Å². The summed E-state index contributed by atoms with van der Waals surface area (Å²) in [6, 6.07) is 17.9. The van der Waals surface area contributed by atoms with Gasteiger partial charge in [0.1, 0.15) is 11.5 Å². The summed E-state index contributed by atoms with van der Waals surface area (Å²) in [5.74, 6) is 1.25. The van der Waals surface area contributed by atoms with Gasteiger partial charge in [-0.2, -0.15) is 9.78 Å². The molecule has 0 fully saturated rings. The van der Waals surface area contributed by atoms with Crippen molar-refractivity contribution in [2.75, 3.05) is 5.32 Å². The topological polar surface area (TPSA) is 92.3 Å². The minimum atomic E-state index is -0.186. The molecule has 0 radical (unpaired) electrons. The first-order chi connectivity index (χ1) is 13.6. The van der Waals surface area contributed by atoms with Crippen molar-refractivity contribution in [1.82, 2.24) is 14.6 Å². The second kappa shape index (κ2) is 7.50. The van der Waals surface area contributed by atoms with Crippen LogP contribution in [-0.2, 0) is 6.42 Å². The van der Waals surface area contributed by atoms with Crippen LogP contribution in [0.1, 0.15) is 18.2 Å². The van der Waals surface area contributed by atoms with E-state index in [4.69, 9.17) is 10.00 Å². The van der Waals surface area contributed by atoms with E-state index in [0.29, 0.717) is 33.6 Å². The number of benzene rings is 2. The molecule has 0 saturated heterocycles. The van der Waals surface area contributed by atoms with Crippen molar-refractivity contribution >= 4 is 27.1 Å². The van der Waals surface area contributed by atoms with Crippen LogP contribution >= 0.6 is 11.3 Å². The molecule has 4 rings (SSSR count).